The average molecular weight is 472 g/mol. The van der Waals surface area contributed by atoms with Crippen molar-refractivity contribution in [3.8, 4) is 0 Å². The minimum atomic E-state index is -0.0672. The predicted octanol–water partition coefficient (Wildman–Crippen LogP) is 7.92. The number of hydrogen-bond donors (Lipinski definition) is 0. The van der Waals surface area contributed by atoms with E-state index >= 15 is 4.39 Å². The zero-order valence-corrected chi connectivity index (χ0v) is 24.4. The highest BCUT2D eigenvalue weighted by molar-refractivity contribution is 6.30. The van der Waals surface area contributed by atoms with Crippen LogP contribution >= 0.6 is 0 Å². The van der Waals surface area contributed by atoms with Gasteiger partial charge in [-0.25, -0.2) is 0 Å². The standard InChI is InChI=1S/C30H60B3F/c1-4-30(33,29(3,32)24(2)31)22-21-27(25-17-13-9-5-6-10-14-18-25)28(23-34)26-19-15-11-7-8-12-16-20-26/h24-28H,4-23,31-33H2,1-3H3/t24?,27-,28+,29-,30?/m0/s1. The lowest BCUT2D eigenvalue weighted by Crippen LogP contribution is -2.36. The molecule has 0 nitrogen and oxygen atoms in total. The fourth-order valence-corrected chi connectivity index (χ4v) is 7.71. The number of halogens is 1. The molecule has 34 heavy (non-hydrogen) atoms. The molecule has 0 radical (unpaired) electrons. The second kappa shape index (κ2) is 15.4. The van der Waals surface area contributed by atoms with Gasteiger partial charge in [-0.2, -0.15) is 0 Å². The van der Waals surface area contributed by atoms with E-state index in [9.17, 15) is 0 Å². The molecule has 0 aromatic carbocycles. The van der Waals surface area contributed by atoms with Gasteiger partial charge in [0.15, 0.2) is 0 Å². The number of hydrogen-bond acceptors (Lipinski definition) is 0. The summed E-state index contributed by atoms with van der Waals surface area (Å²) in [5.74, 6) is 2.98. The first-order chi connectivity index (χ1) is 16.3. The lowest BCUT2D eigenvalue weighted by atomic mass is 9.36. The predicted molar refractivity (Wildman–Crippen MR) is 159 cm³/mol. The van der Waals surface area contributed by atoms with Crippen LogP contribution in [0.25, 0.3) is 0 Å². The first-order valence-electron chi connectivity index (χ1n) is 15.8. The van der Waals surface area contributed by atoms with Crippen LogP contribution < -0.4 is 0 Å². The zero-order valence-electron chi connectivity index (χ0n) is 24.4. The fraction of sp³-hybridized carbons (Fsp3) is 1.00. The van der Waals surface area contributed by atoms with Gasteiger partial charge in [-0.05, 0) is 30.1 Å². The molecule has 196 valence electrons. The molecular weight excluding hydrogens is 412 g/mol. The number of rotatable bonds is 10. The summed E-state index contributed by atoms with van der Waals surface area (Å²) in [6.45, 7) is 7.25. The van der Waals surface area contributed by atoms with Crippen molar-refractivity contribution >= 4 is 23.5 Å². The van der Waals surface area contributed by atoms with Crippen molar-refractivity contribution in [2.24, 2.45) is 23.7 Å². The van der Waals surface area contributed by atoms with Gasteiger partial charge in [0.1, 0.15) is 23.5 Å². The minimum Gasteiger partial charge on any atom is -0.251 e. The molecular formula is C30H60B3F. The van der Waals surface area contributed by atoms with E-state index in [2.05, 4.69) is 44.3 Å². The largest absolute Gasteiger partial charge is 0.251 e. The van der Waals surface area contributed by atoms with Crippen molar-refractivity contribution in [3.05, 3.63) is 0 Å². The quantitative estimate of drug-likeness (QED) is 0.284. The molecule has 2 rings (SSSR count). The summed E-state index contributed by atoms with van der Waals surface area (Å²) >= 11 is 0. The molecule has 0 N–H and O–H groups in total. The topological polar surface area (TPSA) is 0 Å². The van der Waals surface area contributed by atoms with Gasteiger partial charge in [0.2, 0.25) is 0 Å². The second-order valence-electron chi connectivity index (χ2n) is 13.7. The molecule has 2 aliphatic carbocycles. The molecule has 5 atom stereocenters. The van der Waals surface area contributed by atoms with Crippen LogP contribution in [-0.2, 0) is 0 Å². The third-order valence-electron chi connectivity index (χ3n) is 11.5. The van der Waals surface area contributed by atoms with E-state index in [0.29, 0.717) is 34.2 Å². The van der Waals surface area contributed by atoms with Gasteiger partial charge in [0.05, 0.1) is 6.67 Å². The summed E-state index contributed by atoms with van der Waals surface area (Å²) in [5.41, 5.74) is 0. The maximum Gasteiger partial charge on any atom is 0.109 e. The SMILES string of the molecule is BC(C)[C@@](B)(C)C(B)(CC)CC[C@@H](C1CCCCCCCC1)[C@H](CF)C1CCCCCCCC1. The Balaban J connectivity index is 2.28. The van der Waals surface area contributed by atoms with E-state index in [1.165, 1.54) is 122 Å². The molecule has 4 heteroatoms. The maximum atomic E-state index is 15.1. The summed E-state index contributed by atoms with van der Waals surface area (Å²) in [6, 6.07) is 0. The molecule has 0 aliphatic heterocycles. The maximum absolute atomic E-state index is 15.1. The monoisotopic (exact) mass is 472 g/mol. The molecule has 0 aromatic rings. The summed E-state index contributed by atoms with van der Waals surface area (Å²) in [5, 5.41) is 0.644. The van der Waals surface area contributed by atoms with Gasteiger partial charge in [-0.3, -0.25) is 4.39 Å². The van der Waals surface area contributed by atoms with Crippen molar-refractivity contribution in [1.29, 1.82) is 0 Å². The first kappa shape index (κ1) is 30.3. The Bertz CT molecular complexity index is 517. The lowest BCUT2D eigenvalue weighted by Gasteiger charge is -2.49. The van der Waals surface area contributed by atoms with Crippen molar-refractivity contribution < 1.29 is 4.39 Å². The molecule has 0 saturated heterocycles. The van der Waals surface area contributed by atoms with Crippen molar-refractivity contribution in [2.45, 2.75) is 159 Å². The third kappa shape index (κ3) is 8.61. The Morgan fingerprint density at radius 2 is 1.12 bits per heavy atom. The average Bonchev–Trinajstić information content (AvgIpc) is 3.04. The van der Waals surface area contributed by atoms with Crippen LogP contribution in [0.5, 0.6) is 0 Å². The highest BCUT2D eigenvalue weighted by Crippen LogP contribution is 2.60. The Morgan fingerprint density at radius 3 is 1.47 bits per heavy atom. The molecule has 0 amide bonds. The van der Waals surface area contributed by atoms with Crippen LogP contribution in [0.1, 0.15) is 143 Å². The smallest absolute Gasteiger partial charge is 0.109 e. The third-order valence-corrected chi connectivity index (χ3v) is 11.5. The molecule has 0 aromatic heterocycles. The summed E-state index contributed by atoms with van der Waals surface area (Å²) < 4.78 is 15.1. The van der Waals surface area contributed by atoms with Crippen LogP contribution in [-0.4, -0.2) is 30.2 Å². The zero-order chi connectivity index (χ0) is 25.0. The van der Waals surface area contributed by atoms with Crippen LogP contribution in [0.15, 0.2) is 0 Å². The minimum absolute atomic E-state index is 0.0672. The Kier molecular flexibility index (Phi) is 13.7. The van der Waals surface area contributed by atoms with Gasteiger partial charge >= 0.3 is 0 Å². The first-order valence-corrected chi connectivity index (χ1v) is 15.8. The molecule has 0 bridgehead atoms. The number of alkyl halides is 1. The van der Waals surface area contributed by atoms with Crippen LogP contribution in [0, 0.1) is 23.7 Å². The molecule has 0 heterocycles. The Labute approximate surface area is 217 Å². The van der Waals surface area contributed by atoms with E-state index < -0.39 is 0 Å². The second-order valence-corrected chi connectivity index (χ2v) is 13.7. The van der Waals surface area contributed by atoms with Gasteiger partial charge in [-0.1, -0.05) is 153 Å². The van der Waals surface area contributed by atoms with Crippen molar-refractivity contribution in [3.63, 3.8) is 0 Å². The summed E-state index contributed by atoms with van der Waals surface area (Å²) in [7, 11) is 7.46. The Hall–Kier alpha value is 0.125. The van der Waals surface area contributed by atoms with E-state index in [4.69, 9.17) is 0 Å². The normalized spacial score (nSPS) is 26.8. The van der Waals surface area contributed by atoms with E-state index in [1.807, 2.05) is 0 Å². The lowest BCUT2D eigenvalue weighted by molar-refractivity contribution is 0.0881. The Morgan fingerprint density at radius 1 is 0.735 bits per heavy atom. The van der Waals surface area contributed by atoms with Gasteiger partial charge < -0.3 is 0 Å². The molecule has 0 spiro atoms. The summed E-state index contributed by atoms with van der Waals surface area (Å²) in [4.78, 5) is 0. The highest BCUT2D eigenvalue weighted by atomic mass is 19.1. The molecule has 2 aliphatic rings. The van der Waals surface area contributed by atoms with Crippen molar-refractivity contribution in [2.75, 3.05) is 6.67 Å². The molecule has 2 unspecified atom stereocenters. The van der Waals surface area contributed by atoms with E-state index in [1.54, 1.807) is 0 Å². The van der Waals surface area contributed by atoms with Crippen LogP contribution in [0.2, 0.25) is 16.4 Å². The van der Waals surface area contributed by atoms with Gasteiger partial charge in [0.25, 0.3) is 0 Å². The van der Waals surface area contributed by atoms with E-state index in [-0.39, 0.29) is 6.67 Å². The van der Waals surface area contributed by atoms with Crippen molar-refractivity contribution in [1.82, 2.24) is 0 Å². The fourth-order valence-electron chi connectivity index (χ4n) is 7.71. The summed E-state index contributed by atoms with van der Waals surface area (Å²) in [6.07, 6.45) is 25.7. The highest BCUT2D eigenvalue weighted by Gasteiger charge is 2.43. The van der Waals surface area contributed by atoms with Crippen LogP contribution in [0.3, 0.4) is 0 Å². The van der Waals surface area contributed by atoms with Crippen LogP contribution in [0.4, 0.5) is 4.39 Å². The van der Waals surface area contributed by atoms with Gasteiger partial charge in [-0.15, -0.1) is 0 Å². The van der Waals surface area contributed by atoms with Gasteiger partial charge in [0, 0.05) is 0 Å². The van der Waals surface area contributed by atoms with E-state index in [0.717, 1.165) is 5.92 Å². The molecule has 2 saturated carbocycles. The molecule has 2 fully saturated rings.